The number of amides is 1. The molecule has 0 unspecified atom stereocenters. The fourth-order valence-corrected chi connectivity index (χ4v) is 2.11. The lowest BCUT2D eigenvalue weighted by Gasteiger charge is -2.26. The maximum absolute atomic E-state index is 11.7. The highest BCUT2D eigenvalue weighted by Gasteiger charge is 2.16. The van der Waals surface area contributed by atoms with E-state index in [-0.39, 0.29) is 11.9 Å². The Morgan fingerprint density at radius 3 is 2.47 bits per heavy atom. The van der Waals surface area contributed by atoms with Crippen molar-refractivity contribution in [2.45, 2.75) is 26.4 Å². The minimum atomic E-state index is 0.0612. The van der Waals surface area contributed by atoms with E-state index >= 15 is 0 Å². The van der Waals surface area contributed by atoms with Gasteiger partial charge in [-0.2, -0.15) is 0 Å². The van der Waals surface area contributed by atoms with E-state index in [1.807, 2.05) is 19.9 Å². The Bertz CT molecular complexity index is 409. The smallest absolute Gasteiger partial charge is 0.233 e. The summed E-state index contributed by atoms with van der Waals surface area (Å²) in [6, 6.07) is 5.57. The number of hydrogen-bond donors (Lipinski definition) is 0. The first-order valence-electron chi connectivity index (χ1n) is 5.25. The number of hydrogen-bond acceptors (Lipinski definition) is 1. The lowest BCUT2D eigenvalue weighted by molar-refractivity contribution is -0.130. The maximum Gasteiger partial charge on any atom is 0.233 e. The van der Waals surface area contributed by atoms with Crippen LogP contribution < -0.4 is 0 Å². The van der Waals surface area contributed by atoms with E-state index in [4.69, 9.17) is 23.2 Å². The molecular formula is C12H14BrCl2NO. The summed E-state index contributed by atoms with van der Waals surface area (Å²) in [6.45, 7) is 4.51. The van der Waals surface area contributed by atoms with Crippen LogP contribution in [0.4, 0.5) is 0 Å². The van der Waals surface area contributed by atoms with Gasteiger partial charge in [0.25, 0.3) is 0 Å². The van der Waals surface area contributed by atoms with Gasteiger partial charge in [-0.25, -0.2) is 0 Å². The van der Waals surface area contributed by atoms with Crippen LogP contribution >= 0.6 is 39.1 Å². The molecule has 0 heterocycles. The summed E-state index contributed by atoms with van der Waals surface area (Å²) in [5.74, 6) is 0.0612. The normalized spacial score (nSPS) is 10.7. The van der Waals surface area contributed by atoms with Gasteiger partial charge in [0.15, 0.2) is 0 Å². The quantitative estimate of drug-likeness (QED) is 0.756. The summed E-state index contributed by atoms with van der Waals surface area (Å²) in [4.78, 5) is 13.5. The van der Waals surface area contributed by atoms with Crippen LogP contribution in [0.5, 0.6) is 0 Å². The lowest BCUT2D eigenvalue weighted by Crippen LogP contribution is -2.37. The van der Waals surface area contributed by atoms with Crippen LogP contribution in [0.1, 0.15) is 19.4 Å². The highest BCUT2D eigenvalue weighted by Crippen LogP contribution is 2.23. The number of halogens is 3. The average molecular weight is 339 g/mol. The number of rotatable bonds is 4. The molecule has 1 rings (SSSR count). The monoisotopic (exact) mass is 337 g/mol. The third kappa shape index (κ3) is 4.16. The molecule has 5 heteroatoms. The first-order chi connectivity index (χ1) is 7.95. The van der Waals surface area contributed by atoms with Crippen LogP contribution in [0.25, 0.3) is 0 Å². The van der Waals surface area contributed by atoms with Gasteiger partial charge < -0.3 is 4.90 Å². The molecule has 0 saturated carbocycles. The molecule has 0 aliphatic heterocycles. The van der Waals surface area contributed by atoms with E-state index < -0.39 is 0 Å². The van der Waals surface area contributed by atoms with Gasteiger partial charge in [0.1, 0.15) is 0 Å². The first-order valence-corrected chi connectivity index (χ1v) is 7.12. The van der Waals surface area contributed by atoms with Crippen molar-refractivity contribution >= 4 is 45.0 Å². The molecule has 0 aliphatic carbocycles. The highest BCUT2D eigenvalue weighted by molar-refractivity contribution is 9.09. The molecule has 94 valence electrons. The number of alkyl halides is 1. The van der Waals surface area contributed by atoms with Crippen LogP contribution in [0.15, 0.2) is 18.2 Å². The van der Waals surface area contributed by atoms with Crippen molar-refractivity contribution in [1.29, 1.82) is 0 Å². The molecular weight excluding hydrogens is 325 g/mol. The fourth-order valence-electron chi connectivity index (χ4n) is 1.47. The number of carbonyl (C=O) groups is 1. The lowest BCUT2D eigenvalue weighted by atomic mass is 10.2. The Hall–Kier alpha value is -0.250. The van der Waals surface area contributed by atoms with Crippen LogP contribution in [-0.2, 0) is 11.3 Å². The minimum Gasteiger partial charge on any atom is -0.335 e. The zero-order chi connectivity index (χ0) is 13.0. The van der Waals surface area contributed by atoms with E-state index in [2.05, 4.69) is 15.9 Å². The Kier molecular flexibility index (Phi) is 5.77. The van der Waals surface area contributed by atoms with Gasteiger partial charge in [-0.05, 0) is 31.5 Å². The van der Waals surface area contributed by atoms with E-state index in [1.54, 1.807) is 17.0 Å². The topological polar surface area (TPSA) is 20.3 Å². The Balaban J connectivity index is 2.86. The first kappa shape index (κ1) is 14.8. The standard InChI is InChI=1S/C12H14BrCl2NO/c1-8(2)16(12(17)6-13)7-9-3-4-10(14)11(15)5-9/h3-5,8H,6-7H2,1-2H3. The molecule has 0 saturated heterocycles. The molecule has 0 fully saturated rings. The van der Waals surface area contributed by atoms with E-state index in [0.717, 1.165) is 5.56 Å². The van der Waals surface area contributed by atoms with Crippen molar-refractivity contribution in [3.8, 4) is 0 Å². The van der Waals surface area contributed by atoms with Gasteiger partial charge in [0.2, 0.25) is 5.91 Å². The van der Waals surface area contributed by atoms with Crippen LogP contribution in [0.2, 0.25) is 10.0 Å². The molecule has 1 aromatic rings. The molecule has 0 aliphatic rings. The van der Waals surface area contributed by atoms with E-state index in [0.29, 0.717) is 21.9 Å². The van der Waals surface area contributed by atoms with E-state index in [9.17, 15) is 4.79 Å². The molecule has 0 atom stereocenters. The van der Waals surface area contributed by atoms with Gasteiger partial charge >= 0.3 is 0 Å². The molecule has 2 nitrogen and oxygen atoms in total. The molecule has 0 aromatic heterocycles. The molecule has 0 N–H and O–H groups in total. The second-order valence-corrected chi connectivity index (χ2v) is 5.37. The molecule has 1 amide bonds. The van der Waals surface area contributed by atoms with Crippen molar-refractivity contribution in [1.82, 2.24) is 4.90 Å². The third-order valence-corrected chi connectivity index (χ3v) is 3.61. The van der Waals surface area contributed by atoms with Crippen LogP contribution in [-0.4, -0.2) is 22.2 Å². The van der Waals surface area contributed by atoms with Gasteiger partial charge in [-0.15, -0.1) is 0 Å². The molecule has 1 aromatic carbocycles. The van der Waals surface area contributed by atoms with E-state index in [1.165, 1.54) is 0 Å². The largest absolute Gasteiger partial charge is 0.335 e. The second kappa shape index (κ2) is 6.62. The Morgan fingerprint density at radius 2 is 2.00 bits per heavy atom. The maximum atomic E-state index is 11.7. The average Bonchev–Trinajstić information content (AvgIpc) is 2.29. The van der Waals surface area contributed by atoms with Gasteiger partial charge in [0.05, 0.1) is 15.4 Å². The molecule has 0 spiro atoms. The predicted molar refractivity (Wildman–Crippen MR) is 75.9 cm³/mol. The fraction of sp³-hybridized carbons (Fsp3) is 0.417. The number of nitrogens with zero attached hydrogens (tertiary/aromatic N) is 1. The van der Waals surface area contributed by atoms with Gasteiger partial charge in [0, 0.05) is 12.6 Å². The molecule has 0 radical (unpaired) electrons. The van der Waals surface area contributed by atoms with Gasteiger partial charge in [-0.3, -0.25) is 4.79 Å². The Labute approximate surface area is 120 Å². The summed E-state index contributed by atoms with van der Waals surface area (Å²) >= 11 is 15.0. The SMILES string of the molecule is CC(C)N(Cc1ccc(Cl)c(Cl)c1)C(=O)CBr. The van der Waals surface area contributed by atoms with Crippen molar-refractivity contribution in [3.05, 3.63) is 33.8 Å². The zero-order valence-electron chi connectivity index (χ0n) is 9.71. The van der Waals surface area contributed by atoms with Gasteiger partial charge in [-0.1, -0.05) is 45.2 Å². The highest BCUT2D eigenvalue weighted by atomic mass is 79.9. The Morgan fingerprint density at radius 1 is 1.35 bits per heavy atom. The van der Waals surface area contributed by atoms with Crippen molar-refractivity contribution < 1.29 is 4.79 Å². The third-order valence-electron chi connectivity index (χ3n) is 2.39. The number of carbonyl (C=O) groups excluding carboxylic acids is 1. The summed E-state index contributed by atoms with van der Waals surface area (Å²) in [6.07, 6.45) is 0. The summed E-state index contributed by atoms with van der Waals surface area (Å²) < 4.78 is 0. The summed E-state index contributed by atoms with van der Waals surface area (Å²) in [5.41, 5.74) is 0.974. The minimum absolute atomic E-state index is 0.0612. The van der Waals surface area contributed by atoms with Crippen LogP contribution in [0, 0.1) is 0 Å². The molecule has 0 bridgehead atoms. The summed E-state index contributed by atoms with van der Waals surface area (Å²) in [5, 5.41) is 1.37. The van der Waals surface area contributed by atoms with Crippen molar-refractivity contribution in [2.24, 2.45) is 0 Å². The number of benzene rings is 1. The summed E-state index contributed by atoms with van der Waals surface area (Å²) in [7, 11) is 0. The van der Waals surface area contributed by atoms with Crippen molar-refractivity contribution in [2.75, 3.05) is 5.33 Å². The molecule has 17 heavy (non-hydrogen) atoms. The zero-order valence-corrected chi connectivity index (χ0v) is 12.8. The predicted octanol–water partition coefficient (Wildman–Crippen LogP) is 4.13. The van der Waals surface area contributed by atoms with Crippen LogP contribution in [0.3, 0.4) is 0 Å². The van der Waals surface area contributed by atoms with Crippen molar-refractivity contribution in [3.63, 3.8) is 0 Å². The second-order valence-electron chi connectivity index (χ2n) is 4.00.